The highest BCUT2D eigenvalue weighted by Gasteiger charge is 2.26. The van der Waals surface area contributed by atoms with E-state index in [2.05, 4.69) is 9.98 Å². The molecular formula is C9H6N2O. The van der Waals surface area contributed by atoms with Crippen LogP contribution in [0.15, 0.2) is 34.9 Å². The molecule has 1 aromatic rings. The maximum absolute atomic E-state index is 5.55. The van der Waals surface area contributed by atoms with Crippen molar-refractivity contribution in [1.82, 2.24) is 4.98 Å². The Morgan fingerprint density at radius 2 is 2.42 bits per heavy atom. The second-order valence-corrected chi connectivity index (χ2v) is 2.82. The number of hydrogen-bond donors (Lipinski definition) is 0. The zero-order chi connectivity index (χ0) is 7.97. The average molecular weight is 158 g/mol. The fourth-order valence-corrected chi connectivity index (χ4v) is 1.18. The van der Waals surface area contributed by atoms with Crippen molar-refractivity contribution in [3.8, 4) is 5.75 Å². The molecule has 2 aliphatic rings. The van der Waals surface area contributed by atoms with Crippen molar-refractivity contribution >= 4 is 6.21 Å². The van der Waals surface area contributed by atoms with E-state index in [0.29, 0.717) is 0 Å². The molecule has 1 aliphatic carbocycles. The molecular weight excluding hydrogens is 152 g/mol. The Balaban J connectivity index is 2.16. The van der Waals surface area contributed by atoms with Crippen LogP contribution in [0.5, 0.6) is 5.75 Å². The Kier molecular flexibility index (Phi) is 0.961. The predicted molar refractivity (Wildman–Crippen MR) is 44.1 cm³/mol. The summed E-state index contributed by atoms with van der Waals surface area (Å²) < 4.78 is 5.55. The molecule has 12 heavy (non-hydrogen) atoms. The predicted octanol–water partition coefficient (Wildman–Crippen LogP) is 1.51. The second-order valence-electron chi connectivity index (χ2n) is 2.82. The molecule has 0 unspecified atom stereocenters. The van der Waals surface area contributed by atoms with Crippen molar-refractivity contribution in [2.24, 2.45) is 4.99 Å². The fraction of sp³-hybridized carbons (Fsp3) is 0.111. The van der Waals surface area contributed by atoms with Gasteiger partial charge in [-0.05, 0) is 6.07 Å². The number of fused-ring (bicyclic) bond motifs is 1. The molecule has 0 saturated carbocycles. The van der Waals surface area contributed by atoms with Gasteiger partial charge < -0.3 is 4.74 Å². The van der Waals surface area contributed by atoms with Crippen LogP contribution in [0.2, 0.25) is 0 Å². The van der Waals surface area contributed by atoms with E-state index in [4.69, 9.17) is 4.74 Å². The number of ether oxygens (including phenoxy) is 1. The van der Waals surface area contributed by atoms with E-state index in [0.717, 1.165) is 29.2 Å². The first-order valence-electron chi connectivity index (χ1n) is 3.81. The van der Waals surface area contributed by atoms with Gasteiger partial charge in [0.2, 0.25) is 0 Å². The minimum absolute atomic E-state index is 0.858. The molecule has 3 nitrogen and oxygen atoms in total. The Morgan fingerprint density at radius 1 is 1.42 bits per heavy atom. The topological polar surface area (TPSA) is 34.5 Å². The van der Waals surface area contributed by atoms with Gasteiger partial charge >= 0.3 is 0 Å². The number of rotatable bonds is 0. The Bertz CT molecular complexity index is 407. The van der Waals surface area contributed by atoms with Gasteiger partial charge in [0.25, 0.3) is 0 Å². The summed E-state index contributed by atoms with van der Waals surface area (Å²) >= 11 is 0. The summed E-state index contributed by atoms with van der Waals surface area (Å²) in [4.78, 5) is 8.22. The highest BCUT2D eigenvalue weighted by Crippen LogP contribution is 2.36. The van der Waals surface area contributed by atoms with E-state index in [-0.39, 0.29) is 0 Å². The van der Waals surface area contributed by atoms with Crippen LogP contribution in [0.25, 0.3) is 0 Å². The van der Waals surface area contributed by atoms with E-state index in [1.807, 2.05) is 6.07 Å². The van der Waals surface area contributed by atoms with Crippen LogP contribution >= 0.6 is 0 Å². The molecule has 0 radical (unpaired) electrons. The molecule has 3 heteroatoms. The molecule has 0 aromatic carbocycles. The minimum Gasteiger partial charge on any atom is -0.459 e. The minimum atomic E-state index is 0.858. The molecule has 0 N–H and O–H groups in total. The number of nitrogens with zero attached hydrogens (tertiary/aromatic N) is 2. The molecule has 1 aromatic heterocycles. The number of aromatic nitrogens is 1. The summed E-state index contributed by atoms with van der Waals surface area (Å²) in [5.41, 5.74) is 2.01. The lowest BCUT2D eigenvalue weighted by Gasteiger charge is -2.02. The molecule has 0 spiro atoms. The monoisotopic (exact) mass is 158 g/mol. The van der Waals surface area contributed by atoms with Gasteiger partial charge in [-0.1, -0.05) is 0 Å². The maximum atomic E-state index is 5.55. The van der Waals surface area contributed by atoms with E-state index in [9.17, 15) is 0 Å². The van der Waals surface area contributed by atoms with Crippen molar-refractivity contribution in [1.29, 1.82) is 0 Å². The molecule has 0 atom stereocenters. The first kappa shape index (κ1) is 5.94. The smallest absolute Gasteiger partial charge is 0.138 e. The van der Waals surface area contributed by atoms with Crippen LogP contribution in [-0.4, -0.2) is 11.2 Å². The lowest BCUT2D eigenvalue weighted by molar-refractivity contribution is 0.446. The number of allylic oxidation sites excluding steroid dienone is 2. The molecule has 3 rings (SSSR count). The first-order valence-corrected chi connectivity index (χ1v) is 3.81. The van der Waals surface area contributed by atoms with Crippen LogP contribution in [0, 0.1) is 0 Å². The number of aliphatic imine (C=N–C) groups is 1. The quantitative estimate of drug-likeness (QED) is 0.573. The molecule has 0 amide bonds. The number of pyridine rings is 1. The van der Waals surface area contributed by atoms with Crippen LogP contribution in [-0.2, 0) is 0 Å². The van der Waals surface area contributed by atoms with Gasteiger partial charge in [-0.25, -0.2) is 0 Å². The first-order chi connectivity index (χ1) is 5.93. The maximum Gasteiger partial charge on any atom is 0.138 e. The molecule has 2 heterocycles. The van der Waals surface area contributed by atoms with Gasteiger partial charge in [0.05, 0.1) is 17.7 Å². The van der Waals surface area contributed by atoms with Crippen LogP contribution in [0.3, 0.4) is 0 Å². The Morgan fingerprint density at radius 3 is 3.42 bits per heavy atom. The highest BCUT2D eigenvalue weighted by molar-refractivity contribution is 5.85. The Labute approximate surface area is 69.4 Å². The van der Waals surface area contributed by atoms with Gasteiger partial charge in [-0.3, -0.25) is 9.98 Å². The van der Waals surface area contributed by atoms with Crippen LogP contribution < -0.4 is 4.74 Å². The van der Waals surface area contributed by atoms with Crippen LogP contribution in [0.1, 0.15) is 12.0 Å². The summed E-state index contributed by atoms with van der Waals surface area (Å²) in [6, 6.07) is 1.86. The Hall–Kier alpha value is -1.64. The van der Waals surface area contributed by atoms with Gasteiger partial charge in [-0.2, -0.15) is 0 Å². The zero-order valence-electron chi connectivity index (χ0n) is 6.32. The highest BCUT2D eigenvalue weighted by atomic mass is 16.5. The van der Waals surface area contributed by atoms with E-state index >= 15 is 0 Å². The van der Waals surface area contributed by atoms with Crippen molar-refractivity contribution < 1.29 is 4.74 Å². The molecule has 0 fully saturated rings. The lowest BCUT2D eigenvalue weighted by atomic mass is 10.3. The van der Waals surface area contributed by atoms with Gasteiger partial charge in [0.15, 0.2) is 0 Å². The standard InChI is InChI=1S/C9H6N2O/c1-2-10-4-6-5-11-7-3-9(7)12-8(1)6/h1-2,4-5H,3H2. The third-order valence-electron chi connectivity index (χ3n) is 1.93. The van der Waals surface area contributed by atoms with E-state index in [1.165, 1.54) is 0 Å². The molecule has 0 bridgehead atoms. The molecule has 1 aliphatic heterocycles. The van der Waals surface area contributed by atoms with Crippen LogP contribution in [0.4, 0.5) is 0 Å². The molecule has 0 saturated heterocycles. The van der Waals surface area contributed by atoms with Gasteiger partial charge in [-0.15, -0.1) is 0 Å². The second kappa shape index (κ2) is 1.94. The SMILES string of the molecule is C1=NC2=C(C2)Oc2ccncc21. The lowest BCUT2D eigenvalue weighted by Crippen LogP contribution is -1.91. The van der Waals surface area contributed by atoms with Gasteiger partial charge in [0.1, 0.15) is 11.5 Å². The van der Waals surface area contributed by atoms with Crippen molar-refractivity contribution in [2.45, 2.75) is 6.42 Å². The average Bonchev–Trinajstić information content (AvgIpc) is 2.80. The van der Waals surface area contributed by atoms with Crippen molar-refractivity contribution in [3.05, 3.63) is 35.5 Å². The van der Waals surface area contributed by atoms with E-state index in [1.54, 1.807) is 18.6 Å². The normalized spacial score (nSPS) is 17.7. The van der Waals surface area contributed by atoms with Crippen molar-refractivity contribution in [2.75, 3.05) is 0 Å². The summed E-state index contributed by atoms with van der Waals surface area (Å²) in [6.07, 6.45) is 6.18. The summed E-state index contributed by atoms with van der Waals surface area (Å²) in [5.74, 6) is 1.85. The van der Waals surface area contributed by atoms with E-state index < -0.39 is 0 Å². The summed E-state index contributed by atoms with van der Waals surface area (Å²) in [7, 11) is 0. The fourth-order valence-electron chi connectivity index (χ4n) is 1.18. The summed E-state index contributed by atoms with van der Waals surface area (Å²) in [6.45, 7) is 0. The largest absolute Gasteiger partial charge is 0.459 e. The third kappa shape index (κ3) is 0.763. The number of hydrogen-bond acceptors (Lipinski definition) is 3. The zero-order valence-corrected chi connectivity index (χ0v) is 6.32. The summed E-state index contributed by atoms with van der Waals surface area (Å²) in [5, 5.41) is 0. The van der Waals surface area contributed by atoms with Gasteiger partial charge in [0, 0.05) is 18.6 Å². The third-order valence-corrected chi connectivity index (χ3v) is 1.93. The van der Waals surface area contributed by atoms with Crippen molar-refractivity contribution in [3.63, 3.8) is 0 Å². The molecule has 58 valence electrons.